The number of carbonyl (C=O) groups excluding carboxylic acids is 2. The van der Waals surface area contributed by atoms with Crippen molar-refractivity contribution in [2.45, 2.75) is 138 Å². The number of Topliss-reactive ketones (excluding diaryl/α,β-unsaturated/α-hetero) is 1. The number of benzene rings is 1. The predicted octanol–water partition coefficient (Wildman–Crippen LogP) is 8.79. The summed E-state index contributed by atoms with van der Waals surface area (Å²) >= 11 is 6.10. The Morgan fingerprint density at radius 1 is 1.00 bits per heavy atom. The van der Waals surface area contributed by atoms with Gasteiger partial charge in [-0.2, -0.15) is 0 Å². The first-order valence-corrected chi connectivity index (χ1v) is 20.0. The largest absolute Gasteiger partial charge is 0.481 e. The molecule has 1 aromatic rings. The Bertz CT molecular complexity index is 1570. The third-order valence-electron chi connectivity index (χ3n) is 15.7. The van der Waals surface area contributed by atoms with Crippen molar-refractivity contribution in [1.82, 2.24) is 5.32 Å². The van der Waals surface area contributed by atoms with Crippen LogP contribution in [-0.4, -0.2) is 46.7 Å². The van der Waals surface area contributed by atoms with E-state index in [-0.39, 0.29) is 52.3 Å². The number of aliphatic carboxylic acids is 1. The van der Waals surface area contributed by atoms with Gasteiger partial charge in [-0.25, -0.2) is 0 Å². The number of esters is 1. The van der Waals surface area contributed by atoms with Crippen molar-refractivity contribution in [3.63, 3.8) is 0 Å². The fourth-order valence-electron chi connectivity index (χ4n) is 12.6. The quantitative estimate of drug-likeness (QED) is 0.207. The number of ketones is 1. The minimum Gasteiger partial charge on any atom is -0.481 e. The molecule has 0 amide bonds. The molecule has 282 valence electrons. The van der Waals surface area contributed by atoms with E-state index < -0.39 is 28.9 Å². The molecule has 0 radical (unpaired) electrons. The molecule has 51 heavy (non-hydrogen) atoms. The first-order valence-electron chi connectivity index (χ1n) is 19.6. The molecule has 10 atom stereocenters. The number of nitrogens with one attached hydrogen (secondary N) is 1. The summed E-state index contributed by atoms with van der Waals surface area (Å²) < 4.78 is 6.06. The average molecular weight is 724 g/mol. The van der Waals surface area contributed by atoms with Crippen LogP contribution in [0.4, 0.5) is 0 Å². The Labute approximate surface area is 310 Å². The Morgan fingerprint density at radius 2 is 1.69 bits per heavy atom. The molecule has 0 saturated heterocycles. The topological polar surface area (TPSA) is 113 Å². The molecule has 5 aliphatic rings. The van der Waals surface area contributed by atoms with Gasteiger partial charge in [0.25, 0.3) is 0 Å². The maximum Gasteiger partial charge on any atom is 0.309 e. The number of rotatable bonds is 10. The molecule has 5 aliphatic carbocycles. The Balaban J connectivity index is 1.24. The summed E-state index contributed by atoms with van der Waals surface area (Å²) in [4.78, 5) is 38.6. The molecule has 3 N–H and O–H groups in total. The van der Waals surface area contributed by atoms with Crippen molar-refractivity contribution in [3.8, 4) is 0 Å². The first kappa shape index (κ1) is 38.5. The number of hydrogen-bond acceptors (Lipinski definition) is 6. The van der Waals surface area contributed by atoms with Gasteiger partial charge in [-0.15, -0.1) is 0 Å². The van der Waals surface area contributed by atoms with Crippen LogP contribution < -0.4 is 5.32 Å². The first-order chi connectivity index (χ1) is 23.8. The molecule has 0 spiro atoms. The van der Waals surface area contributed by atoms with Crippen LogP contribution in [0.3, 0.4) is 0 Å². The highest BCUT2D eigenvalue weighted by molar-refractivity contribution is 6.30. The second kappa shape index (κ2) is 13.6. The number of halogens is 1. The van der Waals surface area contributed by atoms with Gasteiger partial charge in [-0.05, 0) is 134 Å². The molecule has 6 rings (SSSR count). The van der Waals surface area contributed by atoms with Crippen LogP contribution in [0.25, 0.3) is 0 Å². The number of carboxylic acids is 1. The fraction of sp³-hybridized carbons (Fsp3) is 0.744. The van der Waals surface area contributed by atoms with Crippen LogP contribution in [0.5, 0.6) is 0 Å². The van der Waals surface area contributed by atoms with E-state index in [2.05, 4.69) is 46.9 Å². The molecule has 0 bridgehead atoms. The number of hydrogen-bond donors (Lipinski definition) is 3. The minimum atomic E-state index is -1.15. The van der Waals surface area contributed by atoms with E-state index in [1.165, 1.54) is 5.57 Å². The highest BCUT2D eigenvalue weighted by Gasteiger charge is 2.69. The summed E-state index contributed by atoms with van der Waals surface area (Å²) in [7, 11) is 0. The lowest BCUT2D eigenvalue weighted by molar-refractivity contribution is -0.218. The van der Waals surface area contributed by atoms with Gasteiger partial charge in [0.05, 0.1) is 17.9 Å². The van der Waals surface area contributed by atoms with Crippen LogP contribution in [0, 0.1) is 56.7 Å². The highest BCUT2D eigenvalue weighted by atomic mass is 35.5. The van der Waals surface area contributed by atoms with E-state index in [1.807, 2.05) is 24.3 Å². The summed E-state index contributed by atoms with van der Waals surface area (Å²) in [5.74, 6) is 0.339. The van der Waals surface area contributed by atoms with Gasteiger partial charge >= 0.3 is 11.9 Å². The normalized spacial score (nSPS) is 38.4. The van der Waals surface area contributed by atoms with Gasteiger partial charge in [0.15, 0.2) is 5.78 Å². The fourth-order valence-corrected chi connectivity index (χ4v) is 12.8. The van der Waals surface area contributed by atoms with Crippen LogP contribution in [0.2, 0.25) is 5.02 Å². The maximum atomic E-state index is 14.0. The highest BCUT2D eigenvalue weighted by Crippen LogP contribution is 2.76. The summed E-state index contributed by atoms with van der Waals surface area (Å²) in [5, 5.41) is 25.9. The molecule has 8 heteroatoms. The zero-order valence-electron chi connectivity index (χ0n) is 32.2. The number of carboxylic acid groups (broad SMARTS) is 1. The van der Waals surface area contributed by atoms with E-state index in [0.29, 0.717) is 36.4 Å². The van der Waals surface area contributed by atoms with Gasteiger partial charge in [-0.1, -0.05) is 70.8 Å². The molecule has 0 heterocycles. The van der Waals surface area contributed by atoms with Crippen molar-refractivity contribution in [2.24, 2.45) is 56.7 Å². The van der Waals surface area contributed by atoms with Crippen molar-refractivity contribution in [2.75, 3.05) is 6.54 Å². The van der Waals surface area contributed by atoms with Crippen molar-refractivity contribution < 1.29 is 29.3 Å². The molecule has 4 fully saturated rings. The molecule has 0 aromatic heterocycles. The molecule has 1 aromatic carbocycles. The number of carbonyl (C=O) groups is 3. The number of aliphatic hydroxyl groups is 1. The van der Waals surface area contributed by atoms with Gasteiger partial charge in [0.2, 0.25) is 0 Å². The van der Waals surface area contributed by atoms with Crippen molar-refractivity contribution in [1.29, 1.82) is 0 Å². The Morgan fingerprint density at radius 3 is 2.33 bits per heavy atom. The van der Waals surface area contributed by atoms with Gasteiger partial charge in [0, 0.05) is 29.9 Å². The lowest BCUT2D eigenvalue weighted by atomic mass is 9.34. The van der Waals surface area contributed by atoms with Crippen LogP contribution in [-0.2, 0) is 25.7 Å². The van der Waals surface area contributed by atoms with Crippen LogP contribution in [0.1, 0.15) is 125 Å². The molecular weight excluding hydrogens is 662 g/mol. The number of aliphatic hydroxyl groups excluding tert-OH is 1. The minimum absolute atomic E-state index is 0.00108. The average Bonchev–Trinajstić information content (AvgIpc) is 3.36. The van der Waals surface area contributed by atoms with Gasteiger partial charge in [0.1, 0.15) is 6.10 Å². The summed E-state index contributed by atoms with van der Waals surface area (Å²) in [6, 6.07) is 7.78. The summed E-state index contributed by atoms with van der Waals surface area (Å²) in [5.41, 5.74) is 1.89. The van der Waals surface area contributed by atoms with Crippen molar-refractivity contribution >= 4 is 29.3 Å². The summed E-state index contributed by atoms with van der Waals surface area (Å²) in [6.07, 6.45) is 7.35. The number of allylic oxidation sites excluding steroid dienone is 1. The number of fused-ring (bicyclic) bond motifs is 7. The molecule has 0 aliphatic heterocycles. The van der Waals surface area contributed by atoms with Crippen LogP contribution in [0.15, 0.2) is 35.4 Å². The van der Waals surface area contributed by atoms with E-state index in [1.54, 1.807) is 13.8 Å². The standard InChI is InChI=1S/C43H62ClNO6/c1-25(2)36-31(46)21-43(34(47)24-45-23-27-9-11-28(44)12-10-27)20-19-41(7)30(37(36)43)13-14-33-40(6)17-16-32(26(3)29(40)15-18-42(33,41)8)51-35(48)22-39(4,5)38(49)50/h9-12,25-26,29-30,32-34,45,47H,13-24H2,1-8H3,(H,49,50)/t26-,29+,30-,32+,33-,34-,40+,41-,42-,43+/m1/s1. The monoisotopic (exact) mass is 723 g/mol. The Hall–Kier alpha value is -2.22. The van der Waals surface area contributed by atoms with Gasteiger partial charge in [-0.3, -0.25) is 14.4 Å². The SMILES string of the molecule is CC(C)C1=C2[C@H]3CC[C@@H]4[C@@]5(C)CC[C@H](OC(=O)CC(C)(C)C(=O)O)[C@H](C)[C@@H]5CC[C@@]4(C)[C@]3(C)CC[C@@]2([C@H](O)CNCc2ccc(Cl)cc2)CC1=O. The second-order valence-electron chi connectivity index (χ2n) is 19.0. The van der Waals surface area contributed by atoms with Crippen LogP contribution >= 0.6 is 11.6 Å². The maximum absolute atomic E-state index is 14.0. The van der Waals surface area contributed by atoms with E-state index in [0.717, 1.165) is 62.5 Å². The lowest BCUT2D eigenvalue weighted by Gasteiger charge is -2.71. The third kappa shape index (κ3) is 6.23. The zero-order valence-corrected chi connectivity index (χ0v) is 33.0. The van der Waals surface area contributed by atoms with Gasteiger partial charge < -0.3 is 20.3 Å². The Kier molecular flexibility index (Phi) is 10.2. The van der Waals surface area contributed by atoms with E-state index >= 15 is 0 Å². The van der Waals surface area contributed by atoms with E-state index in [9.17, 15) is 24.6 Å². The smallest absolute Gasteiger partial charge is 0.309 e. The predicted molar refractivity (Wildman–Crippen MR) is 200 cm³/mol. The lowest BCUT2D eigenvalue weighted by Crippen LogP contribution is -2.65. The zero-order chi connectivity index (χ0) is 37.3. The molecular formula is C43H62ClNO6. The number of ether oxygens (including phenoxy) is 1. The molecule has 4 saturated carbocycles. The molecule has 0 unspecified atom stereocenters. The van der Waals surface area contributed by atoms with Crippen molar-refractivity contribution in [3.05, 3.63) is 46.0 Å². The molecule has 7 nitrogen and oxygen atoms in total. The van der Waals surface area contributed by atoms with E-state index in [4.69, 9.17) is 16.3 Å². The third-order valence-corrected chi connectivity index (χ3v) is 15.9. The summed E-state index contributed by atoms with van der Waals surface area (Å²) in [6.45, 7) is 18.4. The second-order valence-corrected chi connectivity index (χ2v) is 19.4.